The van der Waals surface area contributed by atoms with Crippen LogP contribution >= 0.6 is 0 Å². The van der Waals surface area contributed by atoms with E-state index >= 15 is 0 Å². The molecule has 3 rings (SSSR count). The minimum Gasteiger partial charge on any atom is -0.357 e. The van der Waals surface area contributed by atoms with Gasteiger partial charge < -0.3 is 4.90 Å². The molecular weight excluding hydrogens is 290 g/mol. The highest BCUT2D eigenvalue weighted by atomic mass is 16.2. The molecule has 23 heavy (non-hydrogen) atoms. The standard InChI is InChI=1S/C18H25N3O2/c1-2-3-13-8-10-21(11-9-13)16-6-4-14(12-19-16)15-5-7-17(22)20-18(15)23/h4,6,12-13,15H,2-3,5,7-11H2,1H3,(H,20,22,23). The van der Waals surface area contributed by atoms with Crippen molar-refractivity contribution in [2.24, 2.45) is 5.92 Å². The molecule has 2 aliphatic rings. The first-order chi connectivity index (χ1) is 11.2. The van der Waals surface area contributed by atoms with Gasteiger partial charge in [-0.25, -0.2) is 4.98 Å². The maximum Gasteiger partial charge on any atom is 0.234 e. The van der Waals surface area contributed by atoms with Crippen molar-refractivity contribution in [1.29, 1.82) is 0 Å². The quantitative estimate of drug-likeness (QED) is 0.868. The molecule has 3 heterocycles. The smallest absolute Gasteiger partial charge is 0.234 e. The highest BCUT2D eigenvalue weighted by Gasteiger charge is 2.28. The average molecular weight is 315 g/mol. The third kappa shape index (κ3) is 3.71. The van der Waals surface area contributed by atoms with Crippen molar-refractivity contribution in [3.8, 4) is 0 Å². The number of nitrogens with zero attached hydrogens (tertiary/aromatic N) is 2. The van der Waals surface area contributed by atoms with E-state index < -0.39 is 0 Å². The predicted molar refractivity (Wildman–Crippen MR) is 89.2 cm³/mol. The van der Waals surface area contributed by atoms with Gasteiger partial charge in [-0.2, -0.15) is 0 Å². The number of rotatable bonds is 4. The SMILES string of the molecule is CCCC1CCN(c2ccc(C3CCC(=O)NC3=O)cn2)CC1. The number of nitrogens with one attached hydrogen (secondary N) is 1. The molecule has 1 aromatic rings. The second kappa shape index (κ2) is 7.11. The molecule has 0 aliphatic carbocycles. The highest BCUT2D eigenvalue weighted by Crippen LogP contribution is 2.28. The first kappa shape index (κ1) is 16.0. The summed E-state index contributed by atoms with van der Waals surface area (Å²) in [6.45, 7) is 4.38. The third-order valence-electron chi connectivity index (χ3n) is 5.05. The molecule has 1 N–H and O–H groups in total. The first-order valence-corrected chi connectivity index (χ1v) is 8.72. The van der Waals surface area contributed by atoms with Crippen LogP contribution in [0.4, 0.5) is 5.82 Å². The summed E-state index contributed by atoms with van der Waals surface area (Å²) in [6, 6.07) is 4.00. The van der Waals surface area contributed by atoms with Gasteiger partial charge in [0, 0.05) is 25.7 Å². The van der Waals surface area contributed by atoms with Crippen LogP contribution in [-0.2, 0) is 9.59 Å². The number of hydrogen-bond acceptors (Lipinski definition) is 4. The molecule has 5 nitrogen and oxygen atoms in total. The lowest BCUT2D eigenvalue weighted by Gasteiger charge is -2.33. The van der Waals surface area contributed by atoms with E-state index in [-0.39, 0.29) is 17.7 Å². The van der Waals surface area contributed by atoms with Gasteiger partial charge in [-0.05, 0) is 36.8 Å². The molecule has 2 fully saturated rings. The summed E-state index contributed by atoms with van der Waals surface area (Å²) < 4.78 is 0. The topological polar surface area (TPSA) is 62.3 Å². The zero-order chi connectivity index (χ0) is 16.2. The fourth-order valence-electron chi connectivity index (χ4n) is 3.66. The van der Waals surface area contributed by atoms with Crippen LogP contribution in [0.1, 0.15) is 56.9 Å². The Labute approximate surface area is 137 Å². The molecule has 2 aliphatic heterocycles. The summed E-state index contributed by atoms with van der Waals surface area (Å²) in [5.41, 5.74) is 0.902. The van der Waals surface area contributed by atoms with E-state index in [4.69, 9.17) is 0 Å². The Hall–Kier alpha value is -1.91. The third-order valence-corrected chi connectivity index (χ3v) is 5.05. The van der Waals surface area contributed by atoms with Crippen molar-refractivity contribution in [2.45, 2.75) is 51.4 Å². The average Bonchev–Trinajstić information content (AvgIpc) is 2.56. The molecule has 1 unspecified atom stereocenters. The Morgan fingerprint density at radius 1 is 1.22 bits per heavy atom. The minimum absolute atomic E-state index is 0.175. The summed E-state index contributed by atoms with van der Waals surface area (Å²) >= 11 is 0. The maximum absolute atomic E-state index is 11.9. The molecule has 2 saturated heterocycles. The van der Waals surface area contributed by atoms with Crippen LogP contribution in [0.3, 0.4) is 0 Å². The van der Waals surface area contributed by atoms with Crippen molar-refractivity contribution >= 4 is 17.6 Å². The Morgan fingerprint density at radius 2 is 2.00 bits per heavy atom. The normalized spacial score (nSPS) is 23.0. The highest BCUT2D eigenvalue weighted by molar-refractivity contribution is 6.00. The van der Waals surface area contributed by atoms with Crippen molar-refractivity contribution < 1.29 is 9.59 Å². The van der Waals surface area contributed by atoms with Gasteiger partial charge in [-0.15, -0.1) is 0 Å². The van der Waals surface area contributed by atoms with Gasteiger partial charge in [0.15, 0.2) is 0 Å². The number of piperidine rings is 2. The van der Waals surface area contributed by atoms with Gasteiger partial charge in [0.25, 0.3) is 0 Å². The van der Waals surface area contributed by atoms with Gasteiger partial charge in [0.2, 0.25) is 11.8 Å². The number of aromatic nitrogens is 1. The monoisotopic (exact) mass is 315 g/mol. The van der Waals surface area contributed by atoms with E-state index in [9.17, 15) is 9.59 Å². The van der Waals surface area contributed by atoms with Crippen LogP contribution in [0.15, 0.2) is 18.3 Å². The Morgan fingerprint density at radius 3 is 2.61 bits per heavy atom. The van der Waals surface area contributed by atoms with Crippen LogP contribution in [-0.4, -0.2) is 29.9 Å². The second-order valence-electron chi connectivity index (χ2n) is 6.67. The lowest BCUT2D eigenvalue weighted by atomic mass is 9.91. The minimum atomic E-state index is -0.246. The van der Waals surface area contributed by atoms with Crippen molar-refractivity contribution in [3.63, 3.8) is 0 Å². The van der Waals surface area contributed by atoms with Gasteiger partial charge >= 0.3 is 0 Å². The van der Waals surface area contributed by atoms with Crippen molar-refractivity contribution in [3.05, 3.63) is 23.9 Å². The predicted octanol–water partition coefficient (Wildman–Crippen LogP) is 2.62. The number of pyridine rings is 1. The fourth-order valence-corrected chi connectivity index (χ4v) is 3.66. The van der Waals surface area contributed by atoms with Crippen LogP contribution in [0.25, 0.3) is 0 Å². The molecule has 0 radical (unpaired) electrons. The summed E-state index contributed by atoms with van der Waals surface area (Å²) in [6.07, 6.45) is 7.86. The van der Waals surface area contributed by atoms with Crippen LogP contribution < -0.4 is 10.2 Å². The second-order valence-corrected chi connectivity index (χ2v) is 6.67. The molecule has 0 spiro atoms. The van der Waals surface area contributed by atoms with E-state index in [1.807, 2.05) is 12.1 Å². The first-order valence-electron chi connectivity index (χ1n) is 8.72. The Kier molecular flexibility index (Phi) is 4.94. The van der Waals surface area contributed by atoms with Gasteiger partial charge in [0.05, 0.1) is 5.92 Å². The number of carbonyl (C=O) groups excluding carboxylic acids is 2. The van der Waals surface area contributed by atoms with Crippen LogP contribution in [0.2, 0.25) is 0 Å². The van der Waals surface area contributed by atoms with Crippen molar-refractivity contribution in [1.82, 2.24) is 10.3 Å². The molecule has 1 atom stereocenters. The summed E-state index contributed by atoms with van der Waals surface area (Å²) in [5.74, 6) is 1.24. The van der Waals surface area contributed by atoms with Crippen LogP contribution in [0.5, 0.6) is 0 Å². The molecule has 0 aromatic carbocycles. The van der Waals surface area contributed by atoms with E-state index in [0.29, 0.717) is 12.8 Å². The summed E-state index contributed by atoms with van der Waals surface area (Å²) in [7, 11) is 0. The van der Waals surface area contributed by atoms with E-state index in [1.54, 1.807) is 6.20 Å². The molecule has 0 bridgehead atoms. The van der Waals surface area contributed by atoms with E-state index in [0.717, 1.165) is 30.4 Å². The molecule has 1 aromatic heterocycles. The molecule has 124 valence electrons. The lowest BCUT2D eigenvalue weighted by molar-refractivity contribution is -0.134. The summed E-state index contributed by atoms with van der Waals surface area (Å²) in [4.78, 5) is 30.0. The maximum atomic E-state index is 11.9. The van der Waals surface area contributed by atoms with E-state index in [2.05, 4.69) is 22.1 Å². The molecule has 5 heteroatoms. The number of carbonyl (C=O) groups is 2. The number of imide groups is 1. The zero-order valence-corrected chi connectivity index (χ0v) is 13.8. The molecule has 0 saturated carbocycles. The summed E-state index contributed by atoms with van der Waals surface area (Å²) in [5, 5.41) is 2.41. The number of hydrogen-bond donors (Lipinski definition) is 1. The molecular formula is C18H25N3O2. The van der Waals surface area contributed by atoms with Crippen LogP contribution in [0, 0.1) is 5.92 Å². The molecule has 2 amide bonds. The van der Waals surface area contributed by atoms with Gasteiger partial charge in [-0.3, -0.25) is 14.9 Å². The fraction of sp³-hybridized carbons (Fsp3) is 0.611. The largest absolute Gasteiger partial charge is 0.357 e. The van der Waals surface area contributed by atoms with Gasteiger partial charge in [-0.1, -0.05) is 25.8 Å². The lowest BCUT2D eigenvalue weighted by Crippen LogP contribution is -2.39. The van der Waals surface area contributed by atoms with Gasteiger partial charge in [0.1, 0.15) is 5.82 Å². The number of amides is 2. The Balaban J connectivity index is 1.61. The Bertz CT molecular complexity index is 562. The van der Waals surface area contributed by atoms with E-state index in [1.165, 1.54) is 25.7 Å². The number of anilines is 1. The zero-order valence-electron chi connectivity index (χ0n) is 13.8. The van der Waals surface area contributed by atoms with Crippen molar-refractivity contribution in [2.75, 3.05) is 18.0 Å².